The standard InChI is InChI=1S/C14H19N3O/c1-9-4-2-6-11(15)13(9)17-7-3-5-10-12(17)8-16-14(10)18/h2,4,6,10,12H,3,5,7-8,15H2,1H3,(H,16,18). The fraction of sp³-hybridized carbons (Fsp3) is 0.500. The van der Waals surface area contributed by atoms with Gasteiger partial charge in [-0.25, -0.2) is 0 Å². The van der Waals surface area contributed by atoms with Gasteiger partial charge < -0.3 is 16.0 Å². The lowest BCUT2D eigenvalue weighted by atomic mass is 9.90. The van der Waals surface area contributed by atoms with Crippen LogP contribution in [0.1, 0.15) is 18.4 Å². The predicted molar refractivity (Wildman–Crippen MR) is 72.5 cm³/mol. The van der Waals surface area contributed by atoms with Crippen molar-refractivity contribution in [3.05, 3.63) is 23.8 Å². The number of fused-ring (bicyclic) bond motifs is 1. The van der Waals surface area contributed by atoms with E-state index in [1.807, 2.05) is 12.1 Å². The van der Waals surface area contributed by atoms with Crippen molar-refractivity contribution in [2.75, 3.05) is 23.7 Å². The third-order valence-corrected chi connectivity index (χ3v) is 4.16. The summed E-state index contributed by atoms with van der Waals surface area (Å²) < 4.78 is 0. The predicted octanol–water partition coefficient (Wildman–Crippen LogP) is 1.29. The van der Waals surface area contributed by atoms with Gasteiger partial charge in [-0.05, 0) is 31.4 Å². The third kappa shape index (κ3) is 1.64. The van der Waals surface area contributed by atoms with Gasteiger partial charge in [0.1, 0.15) is 0 Å². The van der Waals surface area contributed by atoms with E-state index >= 15 is 0 Å². The van der Waals surface area contributed by atoms with Gasteiger partial charge in [0.05, 0.1) is 23.3 Å². The van der Waals surface area contributed by atoms with Crippen LogP contribution in [-0.4, -0.2) is 25.0 Å². The minimum absolute atomic E-state index is 0.137. The number of carbonyl (C=O) groups is 1. The fourth-order valence-electron chi connectivity index (χ4n) is 3.30. The molecule has 2 saturated heterocycles. The maximum atomic E-state index is 11.8. The molecule has 96 valence electrons. The second kappa shape index (κ2) is 4.19. The minimum Gasteiger partial charge on any atom is -0.397 e. The zero-order valence-corrected chi connectivity index (χ0v) is 10.6. The van der Waals surface area contributed by atoms with Gasteiger partial charge in [-0.3, -0.25) is 4.79 Å². The molecule has 4 heteroatoms. The van der Waals surface area contributed by atoms with E-state index in [1.165, 1.54) is 5.56 Å². The zero-order valence-electron chi connectivity index (χ0n) is 10.6. The number of anilines is 2. The number of carbonyl (C=O) groups excluding carboxylic acids is 1. The van der Waals surface area contributed by atoms with Gasteiger partial charge in [0.2, 0.25) is 5.91 Å². The Balaban J connectivity index is 1.98. The molecule has 2 aliphatic rings. The molecule has 2 unspecified atom stereocenters. The summed E-state index contributed by atoms with van der Waals surface area (Å²) in [5, 5.41) is 2.98. The van der Waals surface area contributed by atoms with Gasteiger partial charge in [0.25, 0.3) is 0 Å². The van der Waals surface area contributed by atoms with Crippen LogP contribution in [0.5, 0.6) is 0 Å². The number of amides is 1. The number of nitrogens with two attached hydrogens (primary N) is 1. The molecule has 0 aliphatic carbocycles. The summed E-state index contributed by atoms with van der Waals surface area (Å²) in [6.07, 6.45) is 2.06. The number of para-hydroxylation sites is 1. The van der Waals surface area contributed by atoms with E-state index in [-0.39, 0.29) is 17.9 Å². The molecule has 2 fully saturated rings. The van der Waals surface area contributed by atoms with E-state index in [1.54, 1.807) is 0 Å². The number of hydrogen-bond acceptors (Lipinski definition) is 3. The summed E-state index contributed by atoms with van der Waals surface area (Å²) >= 11 is 0. The molecule has 2 heterocycles. The Bertz CT molecular complexity index is 466. The Hall–Kier alpha value is -1.71. The first-order valence-corrected chi connectivity index (χ1v) is 6.58. The van der Waals surface area contributed by atoms with Crippen molar-refractivity contribution < 1.29 is 4.79 Å². The Labute approximate surface area is 107 Å². The highest BCUT2D eigenvalue weighted by Gasteiger charge is 2.41. The summed E-state index contributed by atoms with van der Waals surface area (Å²) in [5.74, 6) is 0.342. The Morgan fingerprint density at radius 1 is 1.44 bits per heavy atom. The number of nitrogens with one attached hydrogen (secondary N) is 1. The van der Waals surface area contributed by atoms with Gasteiger partial charge in [-0.1, -0.05) is 12.1 Å². The second-order valence-corrected chi connectivity index (χ2v) is 5.27. The number of piperidine rings is 1. The number of rotatable bonds is 1. The molecule has 2 atom stereocenters. The lowest BCUT2D eigenvalue weighted by Crippen LogP contribution is -2.46. The van der Waals surface area contributed by atoms with Crippen molar-refractivity contribution in [1.29, 1.82) is 0 Å². The van der Waals surface area contributed by atoms with Crippen LogP contribution >= 0.6 is 0 Å². The molecule has 3 rings (SSSR count). The van der Waals surface area contributed by atoms with Gasteiger partial charge in [-0.15, -0.1) is 0 Å². The first-order chi connectivity index (χ1) is 8.68. The first kappa shape index (κ1) is 11.4. The quantitative estimate of drug-likeness (QED) is 0.733. The van der Waals surface area contributed by atoms with Crippen molar-refractivity contribution in [3.63, 3.8) is 0 Å². The van der Waals surface area contributed by atoms with Gasteiger partial charge in [0, 0.05) is 13.1 Å². The average molecular weight is 245 g/mol. The lowest BCUT2D eigenvalue weighted by Gasteiger charge is -2.39. The summed E-state index contributed by atoms with van der Waals surface area (Å²) in [7, 11) is 0. The second-order valence-electron chi connectivity index (χ2n) is 5.27. The number of hydrogen-bond donors (Lipinski definition) is 2. The molecule has 4 nitrogen and oxygen atoms in total. The number of nitrogen functional groups attached to an aromatic ring is 1. The van der Waals surface area contributed by atoms with E-state index in [2.05, 4.69) is 23.2 Å². The number of nitrogens with zero attached hydrogens (tertiary/aromatic N) is 1. The smallest absolute Gasteiger partial charge is 0.225 e. The molecule has 1 aromatic rings. The molecule has 3 N–H and O–H groups in total. The molecular formula is C14H19N3O. The molecule has 0 aromatic heterocycles. The van der Waals surface area contributed by atoms with Crippen LogP contribution < -0.4 is 16.0 Å². The first-order valence-electron chi connectivity index (χ1n) is 6.58. The topological polar surface area (TPSA) is 58.4 Å². The van der Waals surface area contributed by atoms with E-state index in [4.69, 9.17) is 5.73 Å². The molecule has 0 spiro atoms. The van der Waals surface area contributed by atoms with E-state index in [9.17, 15) is 4.79 Å². The van der Waals surface area contributed by atoms with Gasteiger partial charge >= 0.3 is 0 Å². The highest BCUT2D eigenvalue weighted by molar-refractivity contribution is 5.84. The Morgan fingerprint density at radius 2 is 2.28 bits per heavy atom. The van der Waals surface area contributed by atoms with Crippen molar-refractivity contribution in [2.45, 2.75) is 25.8 Å². The van der Waals surface area contributed by atoms with Crippen LogP contribution in [0.3, 0.4) is 0 Å². The lowest BCUT2D eigenvalue weighted by molar-refractivity contribution is -0.122. The SMILES string of the molecule is Cc1cccc(N)c1N1CCCC2C(=O)NCC21. The Morgan fingerprint density at radius 3 is 3.06 bits per heavy atom. The molecule has 1 aromatic carbocycles. The van der Waals surface area contributed by atoms with Crippen LogP contribution in [0.4, 0.5) is 11.4 Å². The number of aryl methyl sites for hydroxylation is 1. The number of benzene rings is 1. The molecule has 1 amide bonds. The van der Waals surface area contributed by atoms with Gasteiger partial charge in [0.15, 0.2) is 0 Å². The largest absolute Gasteiger partial charge is 0.397 e. The highest BCUT2D eigenvalue weighted by atomic mass is 16.2. The van der Waals surface area contributed by atoms with E-state index in [0.29, 0.717) is 0 Å². The van der Waals surface area contributed by atoms with Crippen LogP contribution in [0.15, 0.2) is 18.2 Å². The normalized spacial score (nSPS) is 26.9. The highest BCUT2D eigenvalue weighted by Crippen LogP contribution is 2.36. The Kier molecular flexibility index (Phi) is 2.65. The molecule has 0 radical (unpaired) electrons. The maximum Gasteiger partial charge on any atom is 0.225 e. The fourth-order valence-corrected chi connectivity index (χ4v) is 3.30. The van der Waals surface area contributed by atoms with E-state index in [0.717, 1.165) is 37.3 Å². The van der Waals surface area contributed by atoms with Crippen molar-refractivity contribution >= 4 is 17.3 Å². The van der Waals surface area contributed by atoms with Crippen molar-refractivity contribution in [3.8, 4) is 0 Å². The summed E-state index contributed by atoms with van der Waals surface area (Å²) in [5.41, 5.74) is 9.24. The molecule has 2 aliphatic heterocycles. The average Bonchev–Trinajstić information content (AvgIpc) is 2.72. The molecule has 18 heavy (non-hydrogen) atoms. The van der Waals surface area contributed by atoms with Crippen molar-refractivity contribution in [2.24, 2.45) is 5.92 Å². The molecule has 0 saturated carbocycles. The van der Waals surface area contributed by atoms with Crippen LogP contribution in [0, 0.1) is 12.8 Å². The van der Waals surface area contributed by atoms with Crippen molar-refractivity contribution in [1.82, 2.24) is 5.32 Å². The maximum absolute atomic E-state index is 11.8. The van der Waals surface area contributed by atoms with Crippen LogP contribution in [0.25, 0.3) is 0 Å². The van der Waals surface area contributed by atoms with E-state index < -0.39 is 0 Å². The molecular weight excluding hydrogens is 226 g/mol. The van der Waals surface area contributed by atoms with Gasteiger partial charge in [-0.2, -0.15) is 0 Å². The van der Waals surface area contributed by atoms with Crippen LogP contribution in [0.2, 0.25) is 0 Å². The summed E-state index contributed by atoms with van der Waals surface area (Å²) in [6.45, 7) is 3.82. The molecule has 0 bridgehead atoms. The minimum atomic E-state index is 0.137. The third-order valence-electron chi connectivity index (χ3n) is 4.16. The summed E-state index contributed by atoms with van der Waals surface area (Å²) in [4.78, 5) is 14.1. The zero-order chi connectivity index (χ0) is 12.7. The monoisotopic (exact) mass is 245 g/mol. The summed E-state index contributed by atoms with van der Waals surface area (Å²) in [6, 6.07) is 6.28. The van der Waals surface area contributed by atoms with Crippen LogP contribution in [-0.2, 0) is 4.79 Å².